The van der Waals surface area contributed by atoms with Crippen LogP contribution < -0.4 is 56.5 Å². The summed E-state index contributed by atoms with van der Waals surface area (Å²) in [6, 6.07) is 0.607. The number of hydrogen-bond donors (Lipinski definition) is 0. The second-order valence-corrected chi connectivity index (χ2v) is 7.16. The van der Waals surface area contributed by atoms with Crippen molar-refractivity contribution < 1.29 is 61.3 Å². The van der Waals surface area contributed by atoms with E-state index in [0.29, 0.717) is 12.1 Å². The Morgan fingerprint density at radius 3 is 1.62 bits per heavy atom. The fourth-order valence-electron chi connectivity index (χ4n) is 3.32. The predicted molar refractivity (Wildman–Crippen MR) is 106 cm³/mol. The molecule has 0 radical (unpaired) electrons. The summed E-state index contributed by atoms with van der Waals surface area (Å²) in [7, 11) is 0. The van der Waals surface area contributed by atoms with E-state index in [2.05, 4.69) is 56.9 Å². The van der Waals surface area contributed by atoms with Crippen molar-refractivity contribution in [3.63, 3.8) is 0 Å². The Kier molecular flexibility index (Phi) is 22.4. The van der Waals surface area contributed by atoms with Gasteiger partial charge in [-0.15, -0.1) is 0 Å². The van der Waals surface area contributed by atoms with Crippen LogP contribution in [0.5, 0.6) is 0 Å². The summed E-state index contributed by atoms with van der Waals surface area (Å²) in [5.41, 5.74) is 0. The third kappa shape index (κ3) is 16.7. The first-order valence-electron chi connectivity index (χ1n) is 10.2. The second-order valence-electron chi connectivity index (χ2n) is 7.16. The van der Waals surface area contributed by atoms with Crippen LogP contribution >= 0.6 is 0 Å². The van der Waals surface area contributed by atoms with Crippen LogP contribution in [0.15, 0.2) is 24.3 Å². The molecule has 0 spiro atoms. The largest absolute Gasteiger partial charge is 1.00 e. The van der Waals surface area contributed by atoms with Gasteiger partial charge in [-0.1, -0.05) is 50.0 Å². The van der Waals surface area contributed by atoms with Crippen LogP contribution in [0.2, 0.25) is 0 Å². The molecule has 0 aromatic heterocycles. The van der Waals surface area contributed by atoms with Crippen LogP contribution in [0.4, 0.5) is 0 Å². The number of carboxylic acids is 1. The van der Waals surface area contributed by atoms with Crippen LogP contribution in [-0.4, -0.2) is 29.5 Å². The van der Waals surface area contributed by atoms with E-state index >= 15 is 0 Å². The van der Waals surface area contributed by atoms with Gasteiger partial charge in [0.2, 0.25) is 0 Å². The number of aliphatic carboxylic acids is 1. The number of carbonyl (C=O) groups excluding carboxylic acids is 1. The van der Waals surface area contributed by atoms with Crippen molar-refractivity contribution >= 4 is 5.97 Å². The van der Waals surface area contributed by atoms with Crippen molar-refractivity contribution in [2.45, 2.75) is 104 Å². The van der Waals surface area contributed by atoms with E-state index in [0.717, 1.165) is 25.7 Å². The molecule has 4 heteroatoms. The molecule has 2 atom stereocenters. The molecule has 2 unspecified atom stereocenters. The number of rotatable bonds is 16. The molecule has 0 fully saturated rings. The molecular formula is C22H40KNO2. The maximum atomic E-state index is 11.1. The molecule has 0 heterocycles. The standard InChI is InChI=1S/C22H41NO2.K/c1-5-7-9-11-13-15-17-20(3)23(19-22(24)25)21(4)18-16-14-12-10-8-6-2;/h5-8,20-21H,9-19H2,1-4H3,(H,24,25);/q;+1/p-1/b7-5+,8-6+;. The van der Waals surface area contributed by atoms with Crippen LogP contribution in [0.3, 0.4) is 0 Å². The molecule has 0 aromatic rings. The fraction of sp³-hybridized carbons (Fsp3) is 0.773. The molecule has 0 saturated heterocycles. The van der Waals surface area contributed by atoms with E-state index in [4.69, 9.17) is 0 Å². The van der Waals surface area contributed by atoms with E-state index < -0.39 is 5.97 Å². The zero-order valence-corrected chi connectivity index (χ0v) is 21.1. The third-order valence-electron chi connectivity index (χ3n) is 4.90. The quantitative estimate of drug-likeness (QED) is 0.230. The Balaban J connectivity index is 0. The number of nitrogens with zero attached hydrogens (tertiary/aromatic N) is 1. The van der Waals surface area contributed by atoms with Gasteiger partial charge in [-0.3, -0.25) is 4.90 Å². The Morgan fingerprint density at radius 2 is 1.27 bits per heavy atom. The molecule has 0 aliphatic carbocycles. The number of allylic oxidation sites excluding steroid dienone is 4. The van der Waals surface area contributed by atoms with E-state index in [1.54, 1.807) is 0 Å². The average Bonchev–Trinajstić information content (AvgIpc) is 2.58. The number of carboxylic acid groups (broad SMARTS) is 1. The van der Waals surface area contributed by atoms with Gasteiger partial charge >= 0.3 is 51.4 Å². The van der Waals surface area contributed by atoms with Crippen molar-refractivity contribution in [3.8, 4) is 0 Å². The third-order valence-corrected chi connectivity index (χ3v) is 4.90. The molecule has 146 valence electrons. The van der Waals surface area contributed by atoms with Crippen LogP contribution in [0, 0.1) is 0 Å². The Morgan fingerprint density at radius 1 is 0.846 bits per heavy atom. The molecule has 0 bridgehead atoms. The molecular weight excluding hydrogens is 349 g/mol. The van der Waals surface area contributed by atoms with Gasteiger partial charge in [0.25, 0.3) is 0 Å². The Hall–Kier alpha value is 0.546. The molecule has 0 saturated carbocycles. The Bertz CT molecular complexity index is 354. The maximum Gasteiger partial charge on any atom is 1.00 e. The number of unbranched alkanes of at least 4 members (excludes halogenated alkanes) is 6. The minimum atomic E-state index is -0.958. The SMILES string of the molecule is C/C=C/CCCCCC(C)N(CC(=O)[O-])C(C)CCCCC/C=C/C.[K+]. The van der Waals surface area contributed by atoms with Crippen molar-refractivity contribution in [1.29, 1.82) is 0 Å². The van der Waals surface area contributed by atoms with Gasteiger partial charge in [0.15, 0.2) is 0 Å². The van der Waals surface area contributed by atoms with Gasteiger partial charge in [0.05, 0.1) is 5.97 Å². The van der Waals surface area contributed by atoms with Crippen molar-refractivity contribution in [1.82, 2.24) is 4.90 Å². The van der Waals surface area contributed by atoms with Crippen LogP contribution in [0.1, 0.15) is 91.9 Å². The summed E-state index contributed by atoms with van der Waals surface area (Å²) in [5.74, 6) is -0.958. The minimum absolute atomic E-state index is 0. The summed E-state index contributed by atoms with van der Waals surface area (Å²) in [5, 5.41) is 11.1. The fourth-order valence-corrected chi connectivity index (χ4v) is 3.32. The zero-order valence-electron chi connectivity index (χ0n) is 18.0. The first-order chi connectivity index (χ1) is 12.0. The topological polar surface area (TPSA) is 43.4 Å². The summed E-state index contributed by atoms with van der Waals surface area (Å²) in [4.78, 5) is 13.3. The number of carbonyl (C=O) groups is 1. The minimum Gasteiger partial charge on any atom is -0.549 e. The van der Waals surface area contributed by atoms with Gasteiger partial charge in [-0.25, -0.2) is 0 Å². The van der Waals surface area contributed by atoms with Crippen molar-refractivity contribution in [3.05, 3.63) is 24.3 Å². The summed E-state index contributed by atoms with van der Waals surface area (Å²) in [6.45, 7) is 8.50. The molecule has 0 rings (SSSR count). The molecule has 0 amide bonds. The predicted octanol–water partition coefficient (Wildman–Crippen LogP) is 1.87. The van der Waals surface area contributed by atoms with E-state index in [-0.39, 0.29) is 57.9 Å². The van der Waals surface area contributed by atoms with Gasteiger partial charge < -0.3 is 9.90 Å². The smallest absolute Gasteiger partial charge is 0.549 e. The van der Waals surface area contributed by atoms with Gasteiger partial charge in [0, 0.05) is 18.6 Å². The van der Waals surface area contributed by atoms with Crippen LogP contribution in [-0.2, 0) is 4.79 Å². The van der Waals surface area contributed by atoms with E-state index in [9.17, 15) is 9.90 Å². The summed E-state index contributed by atoms with van der Waals surface area (Å²) in [6.07, 6.45) is 20.3. The zero-order chi connectivity index (χ0) is 18.9. The summed E-state index contributed by atoms with van der Waals surface area (Å²) >= 11 is 0. The van der Waals surface area contributed by atoms with Gasteiger partial charge in [0.1, 0.15) is 0 Å². The van der Waals surface area contributed by atoms with Crippen molar-refractivity contribution in [2.24, 2.45) is 0 Å². The summed E-state index contributed by atoms with van der Waals surface area (Å²) < 4.78 is 0. The van der Waals surface area contributed by atoms with E-state index in [1.807, 2.05) is 0 Å². The van der Waals surface area contributed by atoms with Gasteiger partial charge in [-0.2, -0.15) is 0 Å². The normalized spacial score (nSPS) is 14.0. The molecule has 0 N–H and O–H groups in total. The van der Waals surface area contributed by atoms with Crippen molar-refractivity contribution in [2.75, 3.05) is 6.54 Å². The first kappa shape index (κ1) is 28.8. The van der Waals surface area contributed by atoms with Crippen LogP contribution in [0.25, 0.3) is 0 Å². The molecule has 3 nitrogen and oxygen atoms in total. The second kappa shape index (κ2) is 20.3. The number of hydrogen-bond acceptors (Lipinski definition) is 3. The molecule has 0 aliphatic heterocycles. The first-order valence-corrected chi connectivity index (χ1v) is 10.2. The Labute approximate surface area is 205 Å². The van der Waals surface area contributed by atoms with E-state index in [1.165, 1.54) is 38.5 Å². The molecule has 0 aromatic carbocycles. The molecule has 0 aliphatic rings. The van der Waals surface area contributed by atoms with Gasteiger partial charge in [-0.05, 0) is 66.2 Å². The average molecular weight is 390 g/mol. The monoisotopic (exact) mass is 389 g/mol. The maximum absolute atomic E-state index is 11.1. The molecule has 26 heavy (non-hydrogen) atoms.